The smallest absolute Gasteiger partial charge is 0.167 e. The van der Waals surface area contributed by atoms with Gasteiger partial charge >= 0.3 is 0 Å². The van der Waals surface area contributed by atoms with Crippen LogP contribution in [0.1, 0.15) is 0 Å². The third kappa shape index (κ3) is 3.08. The zero-order valence-corrected chi connectivity index (χ0v) is 12.6. The molecule has 2 aromatic rings. The summed E-state index contributed by atoms with van der Waals surface area (Å²) < 4.78 is 23.0. The van der Waals surface area contributed by atoms with Gasteiger partial charge in [-0.1, -0.05) is 0 Å². The van der Waals surface area contributed by atoms with Crippen LogP contribution in [0.2, 0.25) is 0 Å². The molecule has 0 saturated heterocycles. The summed E-state index contributed by atoms with van der Waals surface area (Å²) in [5.74, 6) is 2.53. The second kappa shape index (κ2) is 6.94. The Labute approximate surface area is 123 Å². The number of methoxy groups -OCH3 is 4. The first kappa shape index (κ1) is 15.1. The molecule has 0 N–H and O–H groups in total. The summed E-state index contributed by atoms with van der Waals surface area (Å²) in [6, 6.07) is 3.59. The number of ether oxygens (including phenoxy) is 4. The fourth-order valence-electron chi connectivity index (χ4n) is 2.02. The van der Waals surface area contributed by atoms with E-state index < -0.39 is 0 Å². The summed E-state index contributed by atoms with van der Waals surface area (Å²) in [6.07, 6.45) is 1.66. The van der Waals surface area contributed by atoms with Crippen LogP contribution >= 0.6 is 0 Å². The van der Waals surface area contributed by atoms with Gasteiger partial charge in [0.05, 0.1) is 33.5 Å². The molecule has 1 aromatic heterocycles. The Kier molecular flexibility index (Phi) is 4.99. The minimum Gasteiger partial charge on any atom is -0.496 e. The van der Waals surface area contributed by atoms with E-state index in [1.807, 2.05) is 10.6 Å². The standard InChI is InChI=1S/C14H19N3O4/c1-18-6-5-17-9-15-16-14(17)10-7-12(20-3)13(21-4)8-11(10)19-2/h7-9H,5-6H2,1-4H3. The van der Waals surface area contributed by atoms with E-state index in [1.165, 1.54) is 0 Å². The number of aromatic nitrogens is 3. The van der Waals surface area contributed by atoms with Crippen LogP contribution in [0.3, 0.4) is 0 Å². The lowest BCUT2D eigenvalue weighted by Crippen LogP contribution is -2.06. The maximum atomic E-state index is 5.42. The predicted octanol–water partition coefficient (Wildman–Crippen LogP) is 1.62. The van der Waals surface area contributed by atoms with E-state index in [4.69, 9.17) is 18.9 Å². The highest BCUT2D eigenvalue weighted by Crippen LogP contribution is 2.39. The zero-order chi connectivity index (χ0) is 15.2. The minimum absolute atomic E-state index is 0.570. The van der Waals surface area contributed by atoms with E-state index in [9.17, 15) is 0 Å². The van der Waals surface area contributed by atoms with Gasteiger partial charge in [0.15, 0.2) is 17.3 Å². The first-order chi connectivity index (χ1) is 10.2. The van der Waals surface area contributed by atoms with E-state index in [-0.39, 0.29) is 0 Å². The van der Waals surface area contributed by atoms with Gasteiger partial charge < -0.3 is 23.5 Å². The highest BCUT2D eigenvalue weighted by molar-refractivity contribution is 5.69. The molecule has 7 nitrogen and oxygen atoms in total. The summed E-state index contributed by atoms with van der Waals surface area (Å²) in [5, 5.41) is 8.11. The molecular formula is C14H19N3O4. The average Bonchev–Trinajstić information content (AvgIpc) is 2.99. The molecule has 0 aliphatic carbocycles. The van der Waals surface area contributed by atoms with Gasteiger partial charge in [-0.15, -0.1) is 10.2 Å². The molecule has 0 amide bonds. The first-order valence-electron chi connectivity index (χ1n) is 6.42. The van der Waals surface area contributed by atoms with Gasteiger partial charge in [-0.05, 0) is 6.07 Å². The average molecular weight is 293 g/mol. The molecule has 0 aliphatic heterocycles. The molecule has 1 aromatic carbocycles. The van der Waals surface area contributed by atoms with Crippen LogP contribution in [0.5, 0.6) is 17.2 Å². The van der Waals surface area contributed by atoms with Crippen molar-refractivity contribution in [1.82, 2.24) is 14.8 Å². The molecule has 0 aliphatic rings. The van der Waals surface area contributed by atoms with E-state index in [2.05, 4.69) is 10.2 Å². The third-order valence-corrected chi connectivity index (χ3v) is 3.10. The molecule has 0 bridgehead atoms. The number of hydrogen-bond acceptors (Lipinski definition) is 6. The van der Waals surface area contributed by atoms with Gasteiger partial charge in [0.1, 0.15) is 12.1 Å². The number of benzene rings is 1. The van der Waals surface area contributed by atoms with Crippen molar-refractivity contribution < 1.29 is 18.9 Å². The lowest BCUT2D eigenvalue weighted by molar-refractivity contribution is 0.187. The van der Waals surface area contributed by atoms with Crippen molar-refractivity contribution in [2.45, 2.75) is 6.54 Å². The normalized spacial score (nSPS) is 10.5. The van der Waals surface area contributed by atoms with Crippen molar-refractivity contribution in [2.24, 2.45) is 0 Å². The largest absolute Gasteiger partial charge is 0.496 e. The molecule has 0 spiro atoms. The predicted molar refractivity (Wildman–Crippen MR) is 77.0 cm³/mol. The summed E-state index contributed by atoms with van der Waals surface area (Å²) >= 11 is 0. The molecule has 21 heavy (non-hydrogen) atoms. The van der Waals surface area contributed by atoms with Crippen LogP contribution in [0, 0.1) is 0 Å². The Hall–Kier alpha value is -2.28. The van der Waals surface area contributed by atoms with Crippen LogP contribution in [0.15, 0.2) is 18.5 Å². The van der Waals surface area contributed by atoms with E-state index >= 15 is 0 Å². The number of rotatable bonds is 7. The maximum absolute atomic E-state index is 5.42. The summed E-state index contributed by atoms with van der Waals surface area (Å²) in [4.78, 5) is 0. The van der Waals surface area contributed by atoms with Crippen LogP contribution in [0.25, 0.3) is 11.4 Å². The molecule has 114 valence electrons. The maximum Gasteiger partial charge on any atom is 0.167 e. The lowest BCUT2D eigenvalue weighted by atomic mass is 10.1. The van der Waals surface area contributed by atoms with Gasteiger partial charge in [0, 0.05) is 19.7 Å². The Morgan fingerprint density at radius 1 is 0.952 bits per heavy atom. The van der Waals surface area contributed by atoms with Gasteiger partial charge in [-0.2, -0.15) is 0 Å². The van der Waals surface area contributed by atoms with Crippen LogP contribution in [-0.4, -0.2) is 49.8 Å². The highest BCUT2D eigenvalue weighted by atomic mass is 16.5. The molecule has 2 rings (SSSR count). The van der Waals surface area contributed by atoms with Crippen LogP contribution in [0.4, 0.5) is 0 Å². The van der Waals surface area contributed by atoms with Crippen molar-refractivity contribution in [3.63, 3.8) is 0 Å². The van der Waals surface area contributed by atoms with E-state index in [0.29, 0.717) is 36.2 Å². The Morgan fingerprint density at radius 2 is 1.62 bits per heavy atom. The molecule has 0 radical (unpaired) electrons. The zero-order valence-electron chi connectivity index (χ0n) is 12.6. The Bertz CT molecular complexity index is 598. The van der Waals surface area contributed by atoms with Crippen molar-refractivity contribution >= 4 is 0 Å². The fourth-order valence-corrected chi connectivity index (χ4v) is 2.02. The molecule has 0 fully saturated rings. The summed E-state index contributed by atoms with van der Waals surface area (Å²) in [7, 11) is 6.42. The molecule has 1 heterocycles. The van der Waals surface area contributed by atoms with Crippen LogP contribution < -0.4 is 14.2 Å². The van der Waals surface area contributed by atoms with Gasteiger partial charge in [0.2, 0.25) is 0 Å². The quantitative estimate of drug-likeness (QED) is 0.772. The van der Waals surface area contributed by atoms with Crippen molar-refractivity contribution in [3.05, 3.63) is 18.5 Å². The lowest BCUT2D eigenvalue weighted by Gasteiger charge is -2.14. The second-order valence-electron chi connectivity index (χ2n) is 4.25. The van der Waals surface area contributed by atoms with Crippen molar-refractivity contribution in [3.8, 4) is 28.6 Å². The van der Waals surface area contributed by atoms with Gasteiger partial charge in [-0.3, -0.25) is 0 Å². The summed E-state index contributed by atoms with van der Waals surface area (Å²) in [5.41, 5.74) is 0.781. The first-order valence-corrected chi connectivity index (χ1v) is 6.42. The highest BCUT2D eigenvalue weighted by Gasteiger charge is 2.17. The minimum atomic E-state index is 0.570. The van der Waals surface area contributed by atoms with Gasteiger partial charge in [-0.25, -0.2) is 0 Å². The second-order valence-corrected chi connectivity index (χ2v) is 4.25. The van der Waals surface area contributed by atoms with Crippen molar-refractivity contribution in [1.29, 1.82) is 0 Å². The molecule has 7 heteroatoms. The van der Waals surface area contributed by atoms with E-state index in [1.54, 1.807) is 40.8 Å². The third-order valence-electron chi connectivity index (χ3n) is 3.10. The SMILES string of the molecule is COCCn1cnnc1-c1cc(OC)c(OC)cc1OC. The topological polar surface area (TPSA) is 67.6 Å². The molecule has 0 unspecified atom stereocenters. The molecular weight excluding hydrogens is 274 g/mol. The molecule has 0 saturated carbocycles. The van der Waals surface area contributed by atoms with Gasteiger partial charge in [0.25, 0.3) is 0 Å². The van der Waals surface area contributed by atoms with Crippen molar-refractivity contribution in [2.75, 3.05) is 35.0 Å². The fraction of sp³-hybridized carbons (Fsp3) is 0.429. The van der Waals surface area contributed by atoms with Crippen LogP contribution in [-0.2, 0) is 11.3 Å². The monoisotopic (exact) mass is 293 g/mol. The Balaban J connectivity index is 2.49. The summed E-state index contributed by atoms with van der Waals surface area (Å²) in [6.45, 7) is 1.22. The molecule has 0 atom stereocenters. The number of nitrogens with zero attached hydrogens (tertiary/aromatic N) is 3. The number of hydrogen-bond donors (Lipinski definition) is 0. The van der Waals surface area contributed by atoms with E-state index in [0.717, 1.165) is 5.56 Å². The Morgan fingerprint density at radius 3 is 2.24 bits per heavy atom.